The molecule has 0 aliphatic rings. The molecule has 0 bridgehead atoms. The first-order valence-electron chi connectivity index (χ1n) is 6.63. The normalized spacial score (nSPS) is 10.8. The lowest BCUT2D eigenvalue weighted by Gasteiger charge is -2.11. The summed E-state index contributed by atoms with van der Waals surface area (Å²) in [6.07, 6.45) is 1.77. The molecule has 3 N–H and O–H groups in total. The van der Waals surface area contributed by atoms with Gasteiger partial charge in [-0.25, -0.2) is 0 Å². The van der Waals surface area contributed by atoms with Gasteiger partial charge in [-0.3, -0.25) is 9.79 Å². The fraction of sp³-hybridized carbons (Fsp3) is 0.333. The SMILES string of the molecule is C=CCNC(=NC)NCc1cccc(C(=O)NCC)c1. The summed E-state index contributed by atoms with van der Waals surface area (Å²) < 4.78 is 0. The van der Waals surface area contributed by atoms with E-state index >= 15 is 0 Å². The average molecular weight is 274 g/mol. The maximum Gasteiger partial charge on any atom is 0.251 e. The van der Waals surface area contributed by atoms with E-state index in [4.69, 9.17) is 0 Å². The maximum absolute atomic E-state index is 11.8. The molecule has 0 aliphatic heterocycles. The van der Waals surface area contributed by atoms with E-state index in [1.807, 2.05) is 25.1 Å². The predicted octanol–water partition coefficient (Wildman–Crippen LogP) is 1.29. The van der Waals surface area contributed by atoms with Gasteiger partial charge in [0.1, 0.15) is 0 Å². The minimum atomic E-state index is -0.0523. The van der Waals surface area contributed by atoms with Crippen LogP contribution in [0.2, 0.25) is 0 Å². The van der Waals surface area contributed by atoms with Crippen molar-refractivity contribution in [3.05, 3.63) is 48.0 Å². The van der Waals surface area contributed by atoms with E-state index in [2.05, 4.69) is 27.5 Å². The molecule has 0 fully saturated rings. The van der Waals surface area contributed by atoms with Crippen LogP contribution in [0.4, 0.5) is 0 Å². The first kappa shape index (κ1) is 15.8. The molecule has 0 radical (unpaired) electrons. The van der Waals surface area contributed by atoms with Gasteiger partial charge >= 0.3 is 0 Å². The molecule has 0 saturated heterocycles. The number of carbonyl (C=O) groups excluding carboxylic acids is 1. The highest BCUT2D eigenvalue weighted by Gasteiger charge is 2.05. The zero-order valence-corrected chi connectivity index (χ0v) is 12.1. The Kier molecular flexibility index (Phi) is 6.89. The summed E-state index contributed by atoms with van der Waals surface area (Å²) in [4.78, 5) is 15.8. The molecule has 5 nitrogen and oxygen atoms in total. The molecule has 0 saturated carbocycles. The standard InChI is InChI=1S/C15H22N4O/c1-4-9-18-15(16-3)19-11-12-7-6-8-13(10-12)14(20)17-5-2/h4,6-8,10H,1,5,9,11H2,2-3H3,(H,17,20)(H2,16,18,19). The molecule has 1 amide bonds. The number of benzene rings is 1. The highest BCUT2D eigenvalue weighted by atomic mass is 16.1. The summed E-state index contributed by atoms with van der Waals surface area (Å²) in [5.41, 5.74) is 1.69. The summed E-state index contributed by atoms with van der Waals surface area (Å²) in [6, 6.07) is 7.52. The van der Waals surface area contributed by atoms with Crippen LogP contribution in [0.5, 0.6) is 0 Å². The Hall–Kier alpha value is -2.30. The smallest absolute Gasteiger partial charge is 0.251 e. The number of rotatable bonds is 6. The van der Waals surface area contributed by atoms with Crippen LogP contribution in [-0.2, 0) is 6.54 Å². The Morgan fingerprint density at radius 2 is 2.15 bits per heavy atom. The van der Waals surface area contributed by atoms with Gasteiger partial charge in [0.2, 0.25) is 0 Å². The second kappa shape index (κ2) is 8.74. The van der Waals surface area contributed by atoms with Gasteiger partial charge in [-0.1, -0.05) is 18.2 Å². The molecule has 0 aromatic heterocycles. The van der Waals surface area contributed by atoms with Crippen molar-refractivity contribution in [1.29, 1.82) is 0 Å². The second-order valence-corrected chi connectivity index (χ2v) is 4.16. The summed E-state index contributed by atoms with van der Waals surface area (Å²) in [5.74, 6) is 0.650. The molecule has 1 aromatic rings. The second-order valence-electron chi connectivity index (χ2n) is 4.16. The number of amides is 1. The van der Waals surface area contributed by atoms with Crippen molar-refractivity contribution in [3.8, 4) is 0 Å². The van der Waals surface area contributed by atoms with Crippen LogP contribution >= 0.6 is 0 Å². The fourth-order valence-electron chi connectivity index (χ4n) is 1.66. The molecule has 20 heavy (non-hydrogen) atoms. The largest absolute Gasteiger partial charge is 0.353 e. The quantitative estimate of drug-likeness (QED) is 0.416. The van der Waals surface area contributed by atoms with Crippen molar-refractivity contribution in [1.82, 2.24) is 16.0 Å². The van der Waals surface area contributed by atoms with Crippen molar-refractivity contribution in [2.45, 2.75) is 13.5 Å². The minimum absolute atomic E-state index is 0.0523. The van der Waals surface area contributed by atoms with Crippen LogP contribution in [0, 0.1) is 0 Å². The Labute approximate surface area is 120 Å². The van der Waals surface area contributed by atoms with E-state index < -0.39 is 0 Å². The molecule has 0 spiro atoms. The molecule has 0 heterocycles. The third-order valence-electron chi connectivity index (χ3n) is 2.62. The Bertz CT molecular complexity index is 483. The summed E-state index contributed by atoms with van der Waals surface area (Å²) in [6.45, 7) is 7.42. The lowest BCUT2D eigenvalue weighted by Crippen LogP contribution is -2.36. The molecule has 1 aromatic carbocycles. The predicted molar refractivity (Wildman–Crippen MR) is 82.8 cm³/mol. The van der Waals surface area contributed by atoms with Crippen molar-refractivity contribution < 1.29 is 4.79 Å². The van der Waals surface area contributed by atoms with Gasteiger partial charge in [0.05, 0.1) is 0 Å². The van der Waals surface area contributed by atoms with Crippen LogP contribution in [0.1, 0.15) is 22.8 Å². The van der Waals surface area contributed by atoms with Crippen LogP contribution in [0.25, 0.3) is 0 Å². The van der Waals surface area contributed by atoms with E-state index in [1.165, 1.54) is 0 Å². The molecule has 0 atom stereocenters. The maximum atomic E-state index is 11.8. The topological polar surface area (TPSA) is 65.5 Å². The van der Waals surface area contributed by atoms with Gasteiger partial charge in [-0.05, 0) is 24.6 Å². The number of nitrogens with zero attached hydrogens (tertiary/aromatic N) is 1. The van der Waals surface area contributed by atoms with Gasteiger partial charge < -0.3 is 16.0 Å². The van der Waals surface area contributed by atoms with Gasteiger partial charge in [-0.15, -0.1) is 6.58 Å². The van der Waals surface area contributed by atoms with Crippen molar-refractivity contribution >= 4 is 11.9 Å². The Morgan fingerprint density at radius 1 is 1.35 bits per heavy atom. The number of hydrogen-bond acceptors (Lipinski definition) is 2. The van der Waals surface area contributed by atoms with E-state index in [1.54, 1.807) is 19.2 Å². The molecule has 0 aliphatic carbocycles. The fourth-order valence-corrected chi connectivity index (χ4v) is 1.66. The molecular formula is C15H22N4O. The number of aliphatic imine (C=N–C) groups is 1. The number of hydrogen-bond donors (Lipinski definition) is 3. The highest BCUT2D eigenvalue weighted by molar-refractivity contribution is 5.94. The first-order valence-corrected chi connectivity index (χ1v) is 6.63. The van der Waals surface area contributed by atoms with Gasteiger partial charge in [-0.2, -0.15) is 0 Å². The first-order chi connectivity index (χ1) is 9.71. The summed E-state index contributed by atoms with van der Waals surface area (Å²) in [5, 5.41) is 9.05. The van der Waals surface area contributed by atoms with Gasteiger partial charge in [0.25, 0.3) is 5.91 Å². The number of carbonyl (C=O) groups is 1. The highest BCUT2D eigenvalue weighted by Crippen LogP contribution is 2.05. The van der Waals surface area contributed by atoms with E-state index in [0.29, 0.717) is 31.2 Å². The van der Waals surface area contributed by atoms with Crippen LogP contribution < -0.4 is 16.0 Å². The lowest BCUT2D eigenvalue weighted by molar-refractivity contribution is 0.0955. The van der Waals surface area contributed by atoms with E-state index in [9.17, 15) is 4.79 Å². The Morgan fingerprint density at radius 3 is 2.80 bits per heavy atom. The van der Waals surface area contributed by atoms with Crippen LogP contribution in [0.3, 0.4) is 0 Å². The zero-order valence-electron chi connectivity index (χ0n) is 12.1. The minimum Gasteiger partial charge on any atom is -0.353 e. The van der Waals surface area contributed by atoms with Gasteiger partial charge in [0, 0.05) is 32.2 Å². The number of guanidine groups is 1. The zero-order chi connectivity index (χ0) is 14.8. The van der Waals surface area contributed by atoms with Crippen LogP contribution in [-0.4, -0.2) is 32.0 Å². The molecule has 108 valence electrons. The lowest BCUT2D eigenvalue weighted by atomic mass is 10.1. The van der Waals surface area contributed by atoms with Crippen LogP contribution in [0.15, 0.2) is 41.9 Å². The summed E-state index contributed by atoms with van der Waals surface area (Å²) in [7, 11) is 1.71. The average Bonchev–Trinajstić information content (AvgIpc) is 2.48. The van der Waals surface area contributed by atoms with Crippen molar-refractivity contribution in [3.63, 3.8) is 0 Å². The molecule has 0 unspecified atom stereocenters. The third kappa shape index (κ3) is 5.14. The monoisotopic (exact) mass is 274 g/mol. The molecule has 5 heteroatoms. The van der Waals surface area contributed by atoms with Crippen molar-refractivity contribution in [2.24, 2.45) is 4.99 Å². The van der Waals surface area contributed by atoms with E-state index in [0.717, 1.165) is 5.56 Å². The number of nitrogens with one attached hydrogen (secondary N) is 3. The van der Waals surface area contributed by atoms with E-state index in [-0.39, 0.29) is 5.91 Å². The molecular weight excluding hydrogens is 252 g/mol. The Balaban J connectivity index is 2.62. The summed E-state index contributed by atoms with van der Waals surface area (Å²) >= 11 is 0. The van der Waals surface area contributed by atoms with Crippen molar-refractivity contribution in [2.75, 3.05) is 20.1 Å². The van der Waals surface area contributed by atoms with Gasteiger partial charge in [0.15, 0.2) is 5.96 Å². The third-order valence-corrected chi connectivity index (χ3v) is 2.62. The molecule has 1 rings (SSSR count).